The number of benzene rings is 4. The molecule has 0 radical (unpaired) electrons. The Balaban J connectivity index is 1.79. The van der Waals surface area contributed by atoms with Crippen molar-refractivity contribution in [3.05, 3.63) is 129 Å². The standard InChI is InChI=1S/C34H36IN3O4S/c1-3-22-36-34(40)32(23-27-13-6-4-7-14-27)37(24-28-15-11-10-12-26(28)2)33(39)25-38(30-20-18-29(35)19-21-30)43(41,42)31-16-8-5-9-17-31/h4-21,32H,3,22-25H2,1-2H3,(H,36,40). The highest BCUT2D eigenvalue weighted by Gasteiger charge is 2.34. The zero-order valence-electron chi connectivity index (χ0n) is 24.3. The number of aryl methyl sites for hydroxylation is 1. The van der Waals surface area contributed by atoms with E-state index in [1.165, 1.54) is 17.0 Å². The normalized spacial score (nSPS) is 11.9. The minimum atomic E-state index is -4.11. The molecule has 0 heterocycles. The molecule has 0 spiro atoms. The Morgan fingerprint density at radius 3 is 2.07 bits per heavy atom. The Labute approximate surface area is 268 Å². The van der Waals surface area contributed by atoms with Gasteiger partial charge >= 0.3 is 0 Å². The summed E-state index contributed by atoms with van der Waals surface area (Å²) < 4.78 is 30.1. The fraction of sp³-hybridized carbons (Fsp3) is 0.235. The summed E-state index contributed by atoms with van der Waals surface area (Å²) in [5.41, 5.74) is 3.11. The van der Waals surface area contributed by atoms with E-state index < -0.39 is 28.5 Å². The smallest absolute Gasteiger partial charge is 0.264 e. The van der Waals surface area contributed by atoms with Crippen LogP contribution in [0.5, 0.6) is 0 Å². The lowest BCUT2D eigenvalue weighted by molar-refractivity contribution is -0.140. The Morgan fingerprint density at radius 2 is 1.44 bits per heavy atom. The van der Waals surface area contributed by atoms with Gasteiger partial charge < -0.3 is 10.2 Å². The molecule has 0 saturated heterocycles. The zero-order valence-corrected chi connectivity index (χ0v) is 27.3. The molecule has 2 amide bonds. The quantitative estimate of drug-likeness (QED) is 0.174. The van der Waals surface area contributed by atoms with Crippen LogP contribution in [0, 0.1) is 10.5 Å². The molecule has 4 aromatic carbocycles. The number of sulfonamides is 1. The fourth-order valence-corrected chi connectivity index (χ4v) is 6.54. The first-order chi connectivity index (χ1) is 20.7. The third kappa shape index (κ3) is 8.45. The van der Waals surface area contributed by atoms with E-state index in [-0.39, 0.29) is 23.8 Å². The van der Waals surface area contributed by atoms with Gasteiger partial charge in [0.1, 0.15) is 12.6 Å². The molecular weight excluding hydrogens is 673 g/mol. The maximum Gasteiger partial charge on any atom is 0.264 e. The van der Waals surface area contributed by atoms with Gasteiger partial charge in [-0.2, -0.15) is 0 Å². The van der Waals surface area contributed by atoms with Crippen molar-refractivity contribution in [3.63, 3.8) is 0 Å². The van der Waals surface area contributed by atoms with Gasteiger partial charge in [-0.25, -0.2) is 8.42 Å². The van der Waals surface area contributed by atoms with Crippen LogP contribution in [-0.2, 0) is 32.6 Å². The van der Waals surface area contributed by atoms with Gasteiger partial charge in [-0.05, 0) is 89.0 Å². The van der Waals surface area contributed by atoms with E-state index in [2.05, 4.69) is 27.9 Å². The number of anilines is 1. The van der Waals surface area contributed by atoms with E-state index in [0.717, 1.165) is 31.0 Å². The third-order valence-electron chi connectivity index (χ3n) is 7.15. The minimum Gasteiger partial charge on any atom is -0.354 e. The Bertz CT molecular complexity index is 1610. The van der Waals surface area contributed by atoms with Crippen molar-refractivity contribution >= 4 is 50.1 Å². The largest absolute Gasteiger partial charge is 0.354 e. The number of carbonyl (C=O) groups excluding carboxylic acids is 2. The van der Waals surface area contributed by atoms with E-state index in [0.29, 0.717) is 12.2 Å². The van der Waals surface area contributed by atoms with Gasteiger partial charge in [0, 0.05) is 23.1 Å². The molecule has 7 nitrogen and oxygen atoms in total. The molecule has 0 saturated carbocycles. The van der Waals surface area contributed by atoms with Crippen molar-refractivity contribution in [3.8, 4) is 0 Å². The Kier molecular flexibility index (Phi) is 11.4. The topological polar surface area (TPSA) is 86.8 Å². The van der Waals surface area contributed by atoms with Crippen LogP contribution in [0.1, 0.15) is 30.0 Å². The van der Waals surface area contributed by atoms with Crippen LogP contribution in [0.25, 0.3) is 0 Å². The number of amides is 2. The summed E-state index contributed by atoms with van der Waals surface area (Å²) in [5, 5.41) is 2.97. The maximum absolute atomic E-state index is 14.4. The van der Waals surface area contributed by atoms with Gasteiger partial charge in [-0.1, -0.05) is 79.7 Å². The lowest BCUT2D eigenvalue weighted by Gasteiger charge is -2.34. The highest BCUT2D eigenvalue weighted by Crippen LogP contribution is 2.26. The second-order valence-corrected chi connectivity index (χ2v) is 13.4. The maximum atomic E-state index is 14.4. The Morgan fingerprint density at radius 1 is 0.837 bits per heavy atom. The number of nitrogens with one attached hydrogen (secondary N) is 1. The van der Waals surface area contributed by atoms with Crippen molar-refractivity contribution in [2.45, 2.75) is 44.2 Å². The summed E-state index contributed by atoms with van der Waals surface area (Å²) in [6, 6.07) is 31.4. The second kappa shape index (κ2) is 15.2. The number of hydrogen-bond acceptors (Lipinski definition) is 4. The molecule has 0 aliphatic rings. The molecule has 9 heteroatoms. The fourth-order valence-electron chi connectivity index (χ4n) is 4.75. The molecule has 4 rings (SSSR count). The molecule has 0 aliphatic carbocycles. The predicted octanol–water partition coefficient (Wildman–Crippen LogP) is 5.96. The van der Waals surface area contributed by atoms with Crippen LogP contribution in [0.2, 0.25) is 0 Å². The van der Waals surface area contributed by atoms with Gasteiger partial charge in [0.15, 0.2) is 0 Å². The van der Waals surface area contributed by atoms with Gasteiger partial charge in [-0.3, -0.25) is 13.9 Å². The molecule has 1 unspecified atom stereocenters. The average Bonchev–Trinajstić information content (AvgIpc) is 3.02. The van der Waals surface area contributed by atoms with E-state index >= 15 is 0 Å². The van der Waals surface area contributed by atoms with E-state index in [1.807, 2.05) is 68.4 Å². The first-order valence-electron chi connectivity index (χ1n) is 14.2. The Hall–Kier alpha value is -3.70. The molecule has 1 atom stereocenters. The van der Waals surface area contributed by atoms with E-state index in [4.69, 9.17) is 0 Å². The zero-order chi connectivity index (χ0) is 30.8. The highest BCUT2D eigenvalue weighted by atomic mass is 127. The molecule has 0 fully saturated rings. The summed E-state index contributed by atoms with van der Waals surface area (Å²) in [5.74, 6) is -0.756. The van der Waals surface area contributed by atoms with Crippen molar-refractivity contribution in [1.29, 1.82) is 0 Å². The van der Waals surface area contributed by atoms with Crippen LogP contribution >= 0.6 is 22.6 Å². The lowest BCUT2D eigenvalue weighted by Crippen LogP contribution is -2.53. The number of nitrogens with zero attached hydrogens (tertiary/aromatic N) is 2. The van der Waals surface area contributed by atoms with Crippen LogP contribution in [0.4, 0.5) is 5.69 Å². The minimum absolute atomic E-state index is 0.0772. The summed E-state index contributed by atoms with van der Waals surface area (Å²) in [7, 11) is -4.11. The van der Waals surface area contributed by atoms with Crippen LogP contribution < -0.4 is 9.62 Å². The summed E-state index contributed by atoms with van der Waals surface area (Å²) in [4.78, 5) is 29.7. The second-order valence-electron chi connectivity index (χ2n) is 10.2. The highest BCUT2D eigenvalue weighted by molar-refractivity contribution is 14.1. The van der Waals surface area contributed by atoms with Crippen LogP contribution in [0.3, 0.4) is 0 Å². The SMILES string of the molecule is CCCNC(=O)C(Cc1ccccc1)N(Cc1ccccc1C)C(=O)CN(c1ccc(I)cc1)S(=O)(=O)c1ccccc1. The molecule has 43 heavy (non-hydrogen) atoms. The third-order valence-corrected chi connectivity index (χ3v) is 9.65. The molecule has 0 aliphatic heterocycles. The van der Waals surface area contributed by atoms with Crippen molar-refractivity contribution in [1.82, 2.24) is 10.2 Å². The van der Waals surface area contributed by atoms with E-state index in [1.54, 1.807) is 42.5 Å². The molecular formula is C34H36IN3O4S. The molecule has 0 aromatic heterocycles. The van der Waals surface area contributed by atoms with Crippen molar-refractivity contribution in [2.75, 3.05) is 17.4 Å². The van der Waals surface area contributed by atoms with Gasteiger partial charge in [-0.15, -0.1) is 0 Å². The first-order valence-corrected chi connectivity index (χ1v) is 16.7. The molecule has 1 N–H and O–H groups in total. The van der Waals surface area contributed by atoms with Crippen LogP contribution in [0.15, 0.2) is 114 Å². The molecule has 224 valence electrons. The van der Waals surface area contributed by atoms with Crippen molar-refractivity contribution < 1.29 is 18.0 Å². The van der Waals surface area contributed by atoms with Crippen molar-refractivity contribution in [2.24, 2.45) is 0 Å². The molecule has 4 aromatic rings. The lowest BCUT2D eigenvalue weighted by atomic mass is 10.0. The summed E-state index contributed by atoms with van der Waals surface area (Å²) in [6.07, 6.45) is 1.02. The number of carbonyl (C=O) groups is 2. The average molecular weight is 710 g/mol. The van der Waals surface area contributed by atoms with Gasteiger partial charge in [0.2, 0.25) is 11.8 Å². The summed E-state index contributed by atoms with van der Waals surface area (Å²) >= 11 is 2.15. The van der Waals surface area contributed by atoms with Gasteiger partial charge in [0.25, 0.3) is 10.0 Å². The monoisotopic (exact) mass is 709 g/mol. The van der Waals surface area contributed by atoms with Gasteiger partial charge in [0.05, 0.1) is 10.6 Å². The predicted molar refractivity (Wildman–Crippen MR) is 179 cm³/mol. The first kappa shape index (κ1) is 32.2. The van der Waals surface area contributed by atoms with Crippen LogP contribution in [-0.4, -0.2) is 44.3 Å². The summed E-state index contributed by atoms with van der Waals surface area (Å²) in [6.45, 7) is 4.06. The number of rotatable bonds is 13. The number of halogens is 1. The molecule has 0 bridgehead atoms. The van der Waals surface area contributed by atoms with E-state index in [9.17, 15) is 18.0 Å². The number of hydrogen-bond donors (Lipinski definition) is 1.